The summed E-state index contributed by atoms with van der Waals surface area (Å²) in [6.07, 6.45) is 0. The van der Waals surface area contributed by atoms with Crippen LogP contribution in [0.4, 0.5) is 5.69 Å². The molecule has 1 N–H and O–H groups in total. The normalized spacial score (nSPS) is 18.2. The molecule has 0 aliphatic carbocycles. The van der Waals surface area contributed by atoms with Gasteiger partial charge in [0.15, 0.2) is 11.5 Å². The van der Waals surface area contributed by atoms with Crippen LogP contribution in [0.15, 0.2) is 66.2 Å². The average Bonchev–Trinajstić information content (AvgIpc) is 3.45. The van der Waals surface area contributed by atoms with Crippen LogP contribution in [0.1, 0.15) is 42.5 Å². The zero-order chi connectivity index (χ0) is 25.6. The third-order valence-electron chi connectivity index (χ3n) is 6.42. The molecule has 2 aliphatic rings. The number of methoxy groups -OCH3 is 1. The molecular formula is C28H24ClNO6. The van der Waals surface area contributed by atoms with Gasteiger partial charge in [0.1, 0.15) is 11.5 Å². The van der Waals surface area contributed by atoms with Gasteiger partial charge in [-0.1, -0.05) is 49.7 Å². The van der Waals surface area contributed by atoms with E-state index in [0.717, 1.165) is 5.56 Å². The van der Waals surface area contributed by atoms with Crippen LogP contribution in [-0.2, 0) is 9.59 Å². The highest BCUT2D eigenvalue weighted by molar-refractivity contribution is 6.51. The summed E-state index contributed by atoms with van der Waals surface area (Å²) in [4.78, 5) is 28.2. The molecule has 0 bridgehead atoms. The van der Waals surface area contributed by atoms with Gasteiger partial charge in [0.25, 0.3) is 11.7 Å². The lowest BCUT2D eigenvalue weighted by Crippen LogP contribution is -2.29. The van der Waals surface area contributed by atoms with Gasteiger partial charge in [-0.3, -0.25) is 14.5 Å². The number of carbonyl (C=O) groups excluding carboxylic acids is 2. The first-order valence-electron chi connectivity index (χ1n) is 11.4. The van der Waals surface area contributed by atoms with Crippen LogP contribution < -0.4 is 19.1 Å². The lowest BCUT2D eigenvalue weighted by molar-refractivity contribution is -0.132. The molecule has 8 heteroatoms. The fraction of sp³-hybridized carbons (Fsp3) is 0.214. The van der Waals surface area contributed by atoms with Gasteiger partial charge in [0.05, 0.1) is 23.7 Å². The quantitative estimate of drug-likeness (QED) is 0.267. The number of rotatable bonds is 5. The van der Waals surface area contributed by atoms with E-state index in [4.69, 9.17) is 25.8 Å². The molecule has 184 valence electrons. The second-order valence-electron chi connectivity index (χ2n) is 8.88. The Bertz CT molecular complexity index is 1400. The molecule has 1 amide bonds. The summed E-state index contributed by atoms with van der Waals surface area (Å²) in [6.45, 7) is 4.25. The van der Waals surface area contributed by atoms with Crippen molar-refractivity contribution in [2.75, 3.05) is 18.8 Å². The summed E-state index contributed by atoms with van der Waals surface area (Å²) >= 11 is 6.28. The standard InChI is InChI=1S/C28H24ClNO6/c1-15(2)16-4-6-17(7-5-16)25-24(26(31)18-8-10-21(34-3)20(29)12-18)27(32)28(33)30(25)19-9-11-22-23(13-19)36-14-35-22/h4-13,15,25,31H,14H2,1-3H3/b26-24+. The Kier molecular flexibility index (Phi) is 6.10. The van der Waals surface area contributed by atoms with E-state index in [9.17, 15) is 14.7 Å². The van der Waals surface area contributed by atoms with Crippen molar-refractivity contribution < 1.29 is 28.9 Å². The van der Waals surface area contributed by atoms with Crippen LogP contribution in [0.2, 0.25) is 5.02 Å². The first kappa shape index (κ1) is 23.8. The summed E-state index contributed by atoms with van der Waals surface area (Å²) in [6, 6.07) is 16.5. The number of carbonyl (C=O) groups is 2. The number of aliphatic hydroxyl groups is 1. The van der Waals surface area contributed by atoms with Gasteiger partial charge in [-0.2, -0.15) is 0 Å². The van der Waals surface area contributed by atoms with E-state index >= 15 is 0 Å². The third-order valence-corrected chi connectivity index (χ3v) is 6.72. The predicted molar refractivity (Wildman–Crippen MR) is 136 cm³/mol. The van der Waals surface area contributed by atoms with Crippen LogP contribution in [0.5, 0.6) is 17.2 Å². The fourth-order valence-electron chi connectivity index (χ4n) is 4.48. The summed E-state index contributed by atoms with van der Waals surface area (Å²) < 4.78 is 16.1. The number of benzene rings is 3. The lowest BCUT2D eigenvalue weighted by atomic mass is 9.93. The molecule has 0 radical (unpaired) electrons. The molecule has 3 aromatic rings. The predicted octanol–water partition coefficient (Wildman–Crippen LogP) is 5.83. The first-order valence-corrected chi connectivity index (χ1v) is 11.8. The fourth-order valence-corrected chi connectivity index (χ4v) is 4.74. The van der Waals surface area contributed by atoms with Crippen molar-refractivity contribution in [1.29, 1.82) is 0 Å². The van der Waals surface area contributed by atoms with E-state index in [0.29, 0.717) is 40.0 Å². The minimum absolute atomic E-state index is 0.0313. The van der Waals surface area contributed by atoms with Crippen molar-refractivity contribution >= 4 is 34.7 Å². The molecule has 36 heavy (non-hydrogen) atoms. The number of fused-ring (bicyclic) bond motifs is 1. The van der Waals surface area contributed by atoms with Gasteiger partial charge >= 0.3 is 0 Å². The van der Waals surface area contributed by atoms with Gasteiger partial charge in [0, 0.05) is 17.3 Å². The smallest absolute Gasteiger partial charge is 0.300 e. The number of hydrogen-bond donors (Lipinski definition) is 1. The van der Waals surface area contributed by atoms with Crippen LogP contribution in [0.3, 0.4) is 0 Å². The Labute approximate surface area is 213 Å². The highest BCUT2D eigenvalue weighted by atomic mass is 35.5. The monoisotopic (exact) mass is 505 g/mol. The zero-order valence-electron chi connectivity index (χ0n) is 19.9. The molecule has 2 heterocycles. The molecule has 2 aliphatic heterocycles. The van der Waals surface area contributed by atoms with Crippen LogP contribution in [0, 0.1) is 0 Å². The number of anilines is 1. The minimum Gasteiger partial charge on any atom is -0.507 e. The van der Waals surface area contributed by atoms with Crippen LogP contribution in [-0.4, -0.2) is 30.7 Å². The molecule has 3 aromatic carbocycles. The number of hydrogen-bond acceptors (Lipinski definition) is 6. The van der Waals surface area contributed by atoms with E-state index in [-0.39, 0.29) is 23.1 Å². The molecule has 0 spiro atoms. The Hall–Kier alpha value is -3.97. The number of Topliss-reactive ketones (excluding diaryl/α,β-unsaturated/α-hetero) is 1. The van der Waals surface area contributed by atoms with Gasteiger partial charge in [-0.15, -0.1) is 0 Å². The van der Waals surface area contributed by atoms with Gasteiger partial charge in [-0.25, -0.2) is 0 Å². The second kappa shape index (κ2) is 9.24. The van der Waals surface area contributed by atoms with E-state index in [1.54, 1.807) is 30.3 Å². The van der Waals surface area contributed by atoms with Gasteiger partial charge in [-0.05, 0) is 47.4 Å². The largest absolute Gasteiger partial charge is 0.507 e. The molecule has 7 nitrogen and oxygen atoms in total. The SMILES string of the molecule is COc1ccc(/C(O)=C2\C(=O)C(=O)N(c3ccc4c(c3)OCO4)C2c2ccc(C(C)C)cc2)cc1Cl. The van der Waals surface area contributed by atoms with E-state index in [1.807, 2.05) is 24.3 Å². The maximum absolute atomic E-state index is 13.4. The third kappa shape index (κ3) is 3.95. The number of halogens is 1. The Morgan fingerprint density at radius 3 is 2.42 bits per heavy atom. The highest BCUT2D eigenvalue weighted by Crippen LogP contribution is 2.45. The van der Waals surface area contributed by atoms with Crippen LogP contribution >= 0.6 is 11.6 Å². The summed E-state index contributed by atoms with van der Waals surface area (Å²) in [5.41, 5.74) is 2.51. The van der Waals surface area contributed by atoms with Crippen molar-refractivity contribution in [1.82, 2.24) is 0 Å². The van der Waals surface area contributed by atoms with E-state index in [2.05, 4.69) is 13.8 Å². The lowest BCUT2D eigenvalue weighted by Gasteiger charge is -2.26. The average molecular weight is 506 g/mol. The number of ether oxygens (including phenoxy) is 3. The van der Waals surface area contributed by atoms with Crippen molar-refractivity contribution in [2.24, 2.45) is 0 Å². The molecule has 1 fully saturated rings. The van der Waals surface area contributed by atoms with Crippen molar-refractivity contribution in [3.05, 3.63) is 87.9 Å². The molecule has 0 saturated carbocycles. The molecule has 0 aromatic heterocycles. The van der Waals surface area contributed by atoms with Crippen LogP contribution in [0.25, 0.3) is 5.76 Å². The van der Waals surface area contributed by atoms with E-state index < -0.39 is 17.7 Å². The van der Waals surface area contributed by atoms with Gasteiger partial charge in [0.2, 0.25) is 6.79 Å². The highest BCUT2D eigenvalue weighted by Gasteiger charge is 2.47. The maximum atomic E-state index is 13.4. The number of ketones is 1. The number of amides is 1. The van der Waals surface area contributed by atoms with Gasteiger partial charge < -0.3 is 19.3 Å². The summed E-state index contributed by atoms with van der Waals surface area (Å²) in [5, 5.41) is 11.6. The number of aliphatic hydroxyl groups excluding tert-OH is 1. The molecular weight excluding hydrogens is 482 g/mol. The summed E-state index contributed by atoms with van der Waals surface area (Å²) in [7, 11) is 1.48. The second-order valence-corrected chi connectivity index (χ2v) is 9.28. The molecule has 1 unspecified atom stereocenters. The first-order chi connectivity index (χ1) is 17.3. The molecule has 5 rings (SSSR count). The topological polar surface area (TPSA) is 85.3 Å². The Morgan fingerprint density at radius 1 is 1.03 bits per heavy atom. The maximum Gasteiger partial charge on any atom is 0.300 e. The molecule has 1 atom stereocenters. The van der Waals surface area contributed by atoms with E-state index in [1.165, 1.54) is 18.1 Å². The zero-order valence-corrected chi connectivity index (χ0v) is 20.7. The molecule has 1 saturated heterocycles. The number of nitrogens with zero attached hydrogens (tertiary/aromatic N) is 1. The summed E-state index contributed by atoms with van der Waals surface area (Å²) in [5.74, 6) is -0.107. The minimum atomic E-state index is -0.868. The Balaban J connectivity index is 1.69. The van der Waals surface area contributed by atoms with Crippen molar-refractivity contribution in [2.45, 2.75) is 25.8 Å². The van der Waals surface area contributed by atoms with Crippen molar-refractivity contribution in [3.63, 3.8) is 0 Å². The van der Waals surface area contributed by atoms with Crippen molar-refractivity contribution in [3.8, 4) is 17.2 Å². The Morgan fingerprint density at radius 2 is 1.75 bits per heavy atom.